The number of methoxy groups -OCH3 is 1. The summed E-state index contributed by atoms with van der Waals surface area (Å²) in [7, 11) is 1.34. The number of fused-ring (bicyclic) bond motifs is 1. The van der Waals surface area contributed by atoms with Gasteiger partial charge in [0.05, 0.1) is 18.6 Å². The summed E-state index contributed by atoms with van der Waals surface area (Å²) >= 11 is 4.60. The molecule has 0 saturated carbocycles. The molecule has 24 heavy (non-hydrogen) atoms. The number of nitrogens with two attached hydrogens (primary N) is 1. The van der Waals surface area contributed by atoms with Crippen LogP contribution in [0.15, 0.2) is 33.9 Å². The third-order valence-corrected chi connectivity index (χ3v) is 4.70. The van der Waals surface area contributed by atoms with E-state index in [0.29, 0.717) is 16.8 Å². The smallest absolute Gasteiger partial charge is 0.316 e. The lowest BCUT2D eigenvalue weighted by atomic mass is 10.1. The third-order valence-electron chi connectivity index (χ3n) is 3.36. The van der Waals surface area contributed by atoms with Crippen LogP contribution in [0.3, 0.4) is 0 Å². The number of anilines is 1. The molecule has 3 aromatic rings. The van der Waals surface area contributed by atoms with E-state index in [1.54, 1.807) is 0 Å². The largest absolute Gasteiger partial charge is 0.468 e. The summed E-state index contributed by atoms with van der Waals surface area (Å²) in [6.45, 7) is 1.88. The first-order chi connectivity index (χ1) is 11.5. The third kappa shape index (κ3) is 3.22. The molecule has 9 heteroatoms. The highest BCUT2D eigenvalue weighted by atomic mass is 79.9. The van der Waals surface area contributed by atoms with Crippen molar-refractivity contribution in [3.05, 3.63) is 34.4 Å². The van der Waals surface area contributed by atoms with E-state index in [-0.39, 0.29) is 11.7 Å². The average Bonchev–Trinajstić information content (AvgIpc) is 2.97. The van der Waals surface area contributed by atoms with E-state index in [2.05, 4.69) is 35.7 Å². The summed E-state index contributed by atoms with van der Waals surface area (Å²) in [5.41, 5.74) is 8.81. The summed E-state index contributed by atoms with van der Waals surface area (Å²) in [6.07, 6.45) is 0. The molecule has 1 aromatic carbocycles. The van der Waals surface area contributed by atoms with Crippen molar-refractivity contribution in [2.75, 3.05) is 18.6 Å². The Balaban J connectivity index is 2.03. The lowest BCUT2D eigenvalue weighted by Gasteiger charge is -2.10. The lowest BCUT2D eigenvalue weighted by Crippen LogP contribution is -2.05. The van der Waals surface area contributed by atoms with Gasteiger partial charge in [0.2, 0.25) is 5.16 Å². The highest BCUT2D eigenvalue weighted by Crippen LogP contribution is 2.30. The minimum absolute atomic E-state index is 0.131. The number of hydrogen-bond acceptors (Lipinski definition) is 7. The molecule has 0 radical (unpaired) electrons. The van der Waals surface area contributed by atoms with E-state index in [1.165, 1.54) is 23.4 Å². The SMILES string of the molecule is COC(=O)CSc1nc2nc(C)c(-c3ccc(Br)cc3)c(N)n2n1. The van der Waals surface area contributed by atoms with E-state index in [4.69, 9.17) is 5.73 Å². The van der Waals surface area contributed by atoms with Gasteiger partial charge in [-0.25, -0.2) is 4.98 Å². The Morgan fingerprint density at radius 3 is 2.71 bits per heavy atom. The van der Waals surface area contributed by atoms with Crippen molar-refractivity contribution in [2.24, 2.45) is 0 Å². The second-order valence-electron chi connectivity index (χ2n) is 4.94. The van der Waals surface area contributed by atoms with Crippen LogP contribution >= 0.6 is 27.7 Å². The molecule has 124 valence electrons. The molecular weight excluding hydrogens is 394 g/mol. The van der Waals surface area contributed by atoms with E-state index in [0.717, 1.165) is 21.3 Å². The summed E-state index contributed by atoms with van der Waals surface area (Å²) in [5.74, 6) is 0.647. The van der Waals surface area contributed by atoms with Crippen LogP contribution in [0.5, 0.6) is 0 Å². The van der Waals surface area contributed by atoms with E-state index < -0.39 is 0 Å². The standard InChI is InChI=1S/C15H14BrN5O2S/c1-8-12(9-3-5-10(16)6-4-9)13(17)21-14(18-8)19-15(20-21)24-7-11(22)23-2/h3-6H,7,17H2,1-2H3. The quantitative estimate of drug-likeness (QED) is 0.524. The van der Waals surface area contributed by atoms with Gasteiger partial charge < -0.3 is 10.5 Å². The van der Waals surface area contributed by atoms with Crippen molar-refractivity contribution in [1.82, 2.24) is 19.6 Å². The topological polar surface area (TPSA) is 95.4 Å². The zero-order valence-electron chi connectivity index (χ0n) is 13.0. The van der Waals surface area contributed by atoms with Gasteiger partial charge in [-0.05, 0) is 24.6 Å². The number of nitrogens with zero attached hydrogens (tertiary/aromatic N) is 4. The highest BCUT2D eigenvalue weighted by molar-refractivity contribution is 9.10. The van der Waals surface area contributed by atoms with Gasteiger partial charge in [-0.1, -0.05) is 39.8 Å². The van der Waals surface area contributed by atoms with Crippen LogP contribution in [0.1, 0.15) is 5.69 Å². The molecule has 2 aromatic heterocycles. The minimum Gasteiger partial charge on any atom is -0.468 e. The van der Waals surface area contributed by atoms with Crippen LogP contribution in [0.2, 0.25) is 0 Å². The average molecular weight is 408 g/mol. The lowest BCUT2D eigenvalue weighted by molar-refractivity contribution is -0.137. The first kappa shape index (κ1) is 16.7. The summed E-state index contributed by atoms with van der Waals surface area (Å²) in [4.78, 5) is 20.0. The summed E-state index contributed by atoms with van der Waals surface area (Å²) in [6, 6.07) is 7.80. The Bertz CT molecular complexity index is 910. The maximum atomic E-state index is 11.2. The van der Waals surface area contributed by atoms with Crippen LogP contribution in [0.25, 0.3) is 16.9 Å². The zero-order chi connectivity index (χ0) is 17.3. The van der Waals surface area contributed by atoms with Gasteiger partial charge in [0, 0.05) is 10.0 Å². The van der Waals surface area contributed by atoms with Gasteiger partial charge in [0.15, 0.2) is 0 Å². The van der Waals surface area contributed by atoms with Gasteiger partial charge in [0.25, 0.3) is 5.78 Å². The molecule has 0 aliphatic rings. The van der Waals surface area contributed by atoms with Crippen LogP contribution < -0.4 is 5.73 Å². The van der Waals surface area contributed by atoms with Crippen LogP contribution in [0, 0.1) is 6.92 Å². The van der Waals surface area contributed by atoms with Crippen LogP contribution in [0.4, 0.5) is 5.82 Å². The summed E-state index contributed by atoms with van der Waals surface area (Å²) in [5, 5.41) is 4.75. The number of hydrogen-bond donors (Lipinski definition) is 1. The fraction of sp³-hybridized carbons (Fsp3) is 0.200. The number of rotatable bonds is 4. The van der Waals surface area contributed by atoms with Gasteiger partial charge in [-0.3, -0.25) is 4.79 Å². The fourth-order valence-electron chi connectivity index (χ4n) is 2.23. The first-order valence-electron chi connectivity index (χ1n) is 6.98. The molecule has 7 nitrogen and oxygen atoms in total. The Labute approximate surface area is 150 Å². The number of esters is 1. The van der Waals surface area contributed by atoms with Gasteiger partial charge in [-0.15, -0.1) is 5.10 Å². The molecular formula is C15H14BrN5O2S. The predicted molar refractivity (Wildman–Crippen MR) is 95.8 cm³/mol. The number of carbonyl (C=O) groups excluding carboxylic acids is 1. The van der Waals surface area contributed by atoms with Crippen LogP contribution in [-0.2, 0) is 9.53 Å². The number of aryl methyl sites for hydroxylation is 1. The number of aromatic nitrogens is 4. The minimum atomic E-state index is -0.341. The zero-order valence-corrected chi connectivity index (χ0v) is 15.4. The first-order valence-corrected chi connectivity index (χ1v) is 8.76. The molecule has 2 heterocycles. The number of benzene rings is 1. The molecule has 0 saturated heterocycles. The number of halogens is 1. The molecule has 3 rings (SSSR count). The van der Waals surface area contributed by atoms with Crippen molar-refractivity contribution < 1.29 is 9.53 Å². The van der Waals surface area contributed by atoms with Crippen molar-refractivity contribution >= 4 is 45.3 Å². The van der Waals surface area contributed by atoms with Crippen molar-refractivity contribution in [3.8, 4) is 11.1 Å². The molecule has 0 aliphatic carbocycles. The maximum absolute atomic E-state index is 11.2. The van der Waals surface area contributed by atoms with E-state index in [9.17, 15) is 4.79 Å². The Morgan fingerprint density at radius 1 is 1.33 bits per heavy atom. The Hall–Kier alpha value is -2.13. The van der Waals surface area contributed by atoms with E-state index in [1.807, 2.05) is 31.2 Å². The van der Waals surface area contributed by atoms with E-state index >= 15 is 0 Å². The summed E-state index contributed by atoms with van der Waals surface area (Å²) < 4.78 is 7.08. The molecule has 2 N–H and O–H groups in total. The second kappa shape index (κ2) is 6.78. The number of nitrogen functional groups attached to an aromatic ring is 1. The molecule has 0 unspecified atom stereocenters. The normalized spacial score (nSPS) is 11.0. The molecule has 0 fully saturated rings. The number of carbonyl (C=O) groups is 1. The molecule has 0 aliphatic heterocycles. The number of thioether (sulfide) groups is 1. The predicted octanol–water partition coefficient (Wildman–Crippen LogP) is 2.71. The molecule has 0 bridgehead atoms. The maximum Gasteiger partial charge on any atom is 0.316 e. The fourth-order valence-corrected chi connectivity index (χ4v) is 3.15. The monoisotopic (exact) mass is 407 g/mol. The number of ether oxygens (including phenoxy) is 1. The molecule has 0 atom stereocenters. The van der Waals surface area contributed by atoms with Gasteiger partial charge in [0.1, 0.15) is 5.82 Å². The van der Waals surface area contributed by atoms with Crippen molar-refractivity contribution in [2.45, 2.75) is 12.1 Å². The Morgan fingerprint density at radius 2 is 2.04 bits per heavy atom. The van der Waals surface area contributed by atoms with Crippen LogP contribution in [-0.4, -0.2) is 38.4 Å². The second-order valence-corrected chi connectivity index (χ2v) is 6.79. The highest BCUT2D eigenvalue weighted by Gasteiger charge is 2.16. The van der Waals surface area contributed by atoms with Gasteiger partial charge in [-0.2, -0.15) is 9.50 Å². The molecule has 0 spiro atoms. The Kier molecular flexibility index (Phi) is 4.72. The van der Waals surface area contributed by atoms with Crippen molar-refractivity contribution in [1.29, 1.82) is 0 Å². The van der Waals surface area contributed by atoms with Crippen molar-refractivity contribution in [3.63, 3.8) is 0 Å². The van der Waals surface area contributed by atoms with Gasteiger partial charge >= 0.3 is 5.97 Å². The molecule has 0 amide bonds.